The summed E-state index contributed by atoms with van der Waals surface area (Å²) in [6.45, 7) is 1.66. The predicted octanol–water partition coefficient (Wildman–Crippen LogP) is 1.46. The van der Waals surface area contributed by atoms with Crippen molar-refractivity contribution in [3.63, 3.8) is 0 Å². The highest BCUT2D eigenvalue weighted by atomic mass is 16.6. The second-order valence-electron chi connectivity index (χ2n) is 3.54. The van der Waals surface area contributed by atoms with Gasteiger partial charge in [-0.3, -0.25) is 15.5 Å². The summed E-state index contributed by atoms with van der Waals surface area (Å²) >= 11 is 0. The molecule has 0 spiro atoms. The molecule has 0 aliphatic carbocycles. The molecule has 9 nitrogen and oxygen atoms in total. The fourth-order valence-corrected chi connectivity index (χ4v) is 1.32. The zero-order valence-corrected chi connectivity index (χ0v) is 11.3. The number of ether oxygens (including phenoxy) is 2. The lowest BCUT2D eigenvalue weighted by molar-refractivity contribution is -0.384. The quantitative estimate of drug-likeness (QED) is 0.364. The number of esters is 1. The lowest BCUT2D eigenvalue weighted by atomic mass is 10.2. The fraction of sp³-hybridized carbons (Fsp3) is 0.250. The Balaban J connectivity index is 3.05. The van der Waals surface area contributed by atoms with Crippen LogP contribution in [0.1, 0.15) is 6.92 Å². The number of nitrogens with zero attached hydrogens (tertiary/aromatic N) is 3. The summed E-state index contributed by atoms with van der Waals surface area (Å²) in [5.41, 5.74) is 1.47. The van der Waals surface area contributed by atoms with Crippen LogP contribution < -0.4 is 10.2 Å². The van der Waals surface area contributed by atoms with Crippen LogP contribution in [0.4, 0.5) is 11.4 Å². The number of nitro groups is 1. The van der Waals surface area contributed by atoms with Crippen LogP contribution in [0.15, 0.2) is 23.3 Å². The molecule has 0 aliphatic heterocycles. The molecule has 0 saturated heterocycles. The lowest BCUT2D eigenvalue weighted by Gasteiger charge is -2.05. The number of hydrogen-bond acceptors (Lipinski definition) is 8. The molecule has 1 aromatic rings. The molecule has 0 atom stereocenters. The third kappa shape index (κ3) is 4.17. The van der Waals surface area contributed by atoms with Gasteiger partial charge in [0.25, 0.3) is 5.69 Å². The van der Waals surface area contributed by atoms with E-state index in [0.29, 0.717) is 5.75 Å². The highest BCUT2D eigenvalue weighted by molar-refractivity contribution is 6.43. The Morgan fingerprint density at radius 2 is 2.29 bits per heavy atom. The summed E-state index contributed by atoms with van der Waals surface area (Å²) in [4.78, 5) is 21.6. The van der Waals surface area contributed by atoms with Crippen molar-refractivity contribution in [1.29, 1.82) is 5.26 Å². The minimum absolute atomic E-state index is 0.0119. The predicted molar refractivity (Wildman–Crippen MR) is 73.0 cm³/mol. The Kier molecular flexibility index (Phi) is 5.64. The molecule has 0 bridgehead atoms. The van der Waals surface area contributed by atoms with Gasteiger partial charge in [-0.2, -0.15) is 10.4 Å². The number of anilines is 1. The summed E-state index contributed by atoms with van der Waals surface area (Å²) in [6, 6.07) is 5.56. The molecule has 21 heavy (non-hydrogen) atoms. The van der Waals surface area contributed by atoms with E-state index in [9.17, 15) is 14.9 Å². The number of carbonyl (C=O) groups excluding carboxylic acids is 1. The van der Waals surface area contributed by atoms with Crippen LogP contribution in [0.5, 0.6) is 5.75 Å². The highest BCUT2D eigenvalue weighted by Gasteiger charge is 2.17. The fourth-order valence-electron chi connectivity index (χ4n) is 1.32. The summed E-state index contributed by atoms with van der Waals surface area (Å²) in [7, 11) is 1.37. The Hall–Kier alpha value is -3.15. The molecule has 0 amide bonds. The first-order chi connectivity index (χ1) is 10.0. The normalized spacial score (nSPS) is 10.4. The minimum atomic E-state index is -0.913. The van der Waals surface area contributed by atoms with Crippen LogP contribution in [-0.2, 0) is 9.53 Å². The van der Waals surface area contributed by atoms with Gasteiger partial charge in [0.2, 0.25) is 5.71 Å². The number of nitro benzene ring substituents is 1. The average Bonchev–Trinajstić information content (AvgIpc) is 2.48. The van der Waals surface area contributed by atoms with E-state index in [-0.39, 0.29) is 18.0 Å². The number of benzene rings is 1. The average molecular weight is 292 g/mol. The Morgan fingerprint density at radius 3 is 2.81 bits per heavy atom. The SMILES string of the molecule is CCOC(=O)/C(C#N)=N/Nc1ccc(OC)cc1[N+](=O)[O-]. The molecule has 0 heterocycles. The zero-order chi connectivity index (χ0) is 15.8. The maximum atomic E-state index is 11.3. The molecule has 0 fully saturated rings. The first-order valence-corrected chi connectivity index (χ1v) is 5.76. The van der Waals surface area contributed by atoms with Crippen LogP contribution in [0.25, 0.3) is 0 Å². The van der Waals surface area contributed by atoms with Gasteiger partial charge >= 0.3 is 5.97 Å². The lowest BCUT2D eigenvalue weighted by Crippen LogP contribution is -2.17. The molecule has 1 aromatic carbocycles. The van der Waals surface area contributed by atoms with Crippen LogP contribution in [0.2, 0.25) is 0 Å². The zero-order valence-electron chi connectivity index (χ0n) is 11.3. The van der Waals surface area contributed by atoms with Gasteiger partial charge in [0.15, 0.2) is 0 Å². The Bertz CT molecular complexity index is 621. The smallest absolute Gasteiger partial charge is 0.369 e. The maximum Gasteiger partial charge on any atom is 0.369 e. The third-order valence-corrected chi connectivity index (χ3v) is 2.26. The monoisotopic (exact) mass is 292 g/mol. The molecule has 0 unspecified atom stereocenters. The van der Waals surface area contributed by atoms with Gasteiger partial charge in [-0.05, 0) is 19.1 Å². The van der Waals surface area contributed by atoms with E-state index in [4.69, 9.17) is 10.00 Å². The van der Waals surface area contributed by atoms with Crippen molar-refractivity contribution in [2.45, 2.75) is 6.92 Å². The molecule has 9 heteroatoms. The van der Waals surface area contributed by atoms with Gasteiger partial charge in [-0.15, -0.1) is 0 Å². The van der Waals surface area contributed by atoms with E-state index in [1.54, 1.807) is 13.0 Å². The summed E-state index contributed by atoms with van der Waals surface area (Å²) in [5, 5.41) is 23.2. The van der Waals surface area contributed by atoms with Crippen LogP contribution in [-0.4, -0.2) is 30.3 Å². The number of nitriles is 1. The van der Waals surface area contributed by atoms with E-state index >= 15 is 0 Å². The summed E-state index contributed by atoms with van der Waals surface area (Å²) < 4.78 is 9.49. The number of hydrazone groups is 1. The van der Waals surface area contributed by atoms with E-state index in [1.165, 1.54) is 25.3 Å². The van der Waals surface area contributed by atoms with Crippen molar-refractivity contribution in [3.8, 4) is 11.8 Å². The highest BCUT2D eigenvalue weighted by Crippen LogP contribution is 2.28. The van der Waals surface area contributed by atoms with E-state index < -0.39 is 16.6 Å². The van der Waals surface area contributed by atoms with Crippen molar-refractivity contribution in [2.24, 2.45) is 5.10 Å². The summed E-state index contributed by atoms with van der Waals surface area (Å²) in [5.74, 6) is -0.620. The van der Waals surface area contributed by atoms with Gasteiger partial charge in [0, 0.05) is 0 Å². The Labute approximate surface area is 119 Å². The van der Waals surface area contributed by atoms with Gasteiger partial charge in [0.1, 0.15) is 17.5 Å². The minimum Gasteiger partial charge on any atom is -0.496 e. The molecule has 0 aromatic heterocycles. The van der Waals surface area contributed by atoms with Crippen molar-refractivity contribution >= 4 is 23.1 Å². The van der Waals surface area contributed by atoms with E-state index in [2.05, 4.69) is 15.3 Å². The van der Waals surface area contributed by atoms with Gasteiger partial charge in [-0.25, -0.2) is 4.79 Å². The van der Waals surface area contributed by atoms with Gasteiger partial charge < -0.3 is 9.47 Å². The maximum absolute atomic E-state index is 11.3. The molecule has 1 N–H and O–H groups in total. The molecule has 0 aliphatic rings. The largest absolute Gasteiger partial charge is 0.496 e. The number of methoxy groups -OCH3 is 1. The molecule has 0 saturated carbocycles. The van der Waals surface area contributed by atoms with E-state index in [1.807, 2.05) is 0 Å². The van der Waals surface area contributed by atoms with Crippen molar-refractivity contribution in [3.05, 3.63) is 28.3 Å². The topological polar surface area (TPSA) is 127 Å². The van der Waals surface area contributed by atoms with Crippen molar-refractivity contribution in [1.82, 2.24) is 0 Å². The molecule has 1 rings (SSSR count). The number of carbonyl (C=O) groups is 1. The van der Waals surface area contributed by atoms with E-state index in [0.717, 1.165) is 0 Å². The molecular weight excluding hydrogens is 280 g/mol. The van der Waals surface area contributed by atoms with Crippen molar-refractivity contribution in [2.75, 3.05) is 19.1 Å². The second kappa shape index (κ2) is 7.44. The summed E-state index contributed by atoms with van der Waals surface area (Å²) in [6.07, 6.45) is 0. The Morgan fingerprint density at radius 1 is 1.57 bits per heavy atom. The number of hydrogen-bond donors (Lipinski definition) is 1. The van der Waals surface area contributed by atoms with Crippen LogP contribution >= 0.6 is 0 Å². The second-order valence-corrected chi connectivity index (χ2v) is 3.54. The first kappa shape index (κ1) is 15.9. The van der Waals surface area contributed by atoms with Gasteiger partial charge in [-0.1, -0.05) is 0 Å². The first-order valence-electron chi connectivity index (χ1n) is 5.76. The number of nitrogens with one attached hydrogen (secondary N) is 1. The number of rotatable bonds is 6. The molecule has 0 radical (unpaired) electrons. The van der Waals surface area contributed by atoms with Crippen LogP contribution in [0.3, 0.4) is 0 Å². The van der Waals surface area contributed by atoms with Gasteiger partial charge in [0.05, 0.1) is 24.7 Å². The standard InChI is InChI=1S/C12H12N4O5/c1-3-21-12(17)10(7-13)15-14-9-5-4-8(20-2)6-11(9)16(18)19/h4-6,14H,3H2,1-2H3/b15-10+. The molecular formula is C12H12N4O5. The molecule has 110 valence electrons. The van der Waals surface area contributed by atoms with Crippen molar-refractivity contribution < 1.29 is 19.2 Å². The van der Waals surface area contributed by atoms with Crippen LogP contribution in [0, 0.1) is 21.4 Å². The third-order valence-electron chi connectivity index (χ3n) is 2.26.